The molecule has 7 heteroatoms. The lowest BCUT2D eigenvalue weighted by molar-refractivity contribution is -0.132. The third kappa shape index (κ3) is 3.69. The molecule has 5 atom stereocenters. The fourth-order valence-corrected chi connectivity index (χ4v) is 6.51. The molecular weight excluding hydrogens is 447 g/mol. The van der Waals surface area contributed by atoms with Gasteiger partial charge in [0.05, 0.1) is 12.0 Å². The number of ether oxygens (including phenoxy) is 1. The summed E-state index contributed by atoms with van der Waals surface area (Å²) in [5.41, 5.74) is 7.95. The van der Waals surface area contributed by atoms with Crippen LogP contribution in [0.5, 0.6) is 5.75 Å². The molecule has 0 spiro atoms. The largest absolute Gasteiger partial charge is 0.491 e. The van der Waals surface area contributed by atoms with E-state index in [4.69, 9.17) is 38.8 Å². The zero-order chi connectivity index (χ0) is 23.1. The van der Waals surface area contributed by atoms with Gasteiger partial charge in [0.2, 0.25) is 5.91 Å². The minimum Gasteiger partial charge on any atom is -0.491 e. The second kappa shape index (κ2) is 8.86. The van der Waals surface area contributed by atoms with Crippen molar-refractivity contribution in [2.45, 2.75) is 50.6 Å². The number of rotatable bonds is 6. The van der Waals surface area contributed by atoms with E-state index < -0.39 is 11.0 Å². The summed E-state index contributed by atoms with van der Waals surface area (Å²) >= 11 is 12.9. The number of aliphatic hydroxyl groups is 1. The van der Waals surface area contributed by atoms with Gasteiger partial charge >= 0.3 is 0 Å². The van der Waals surface area contributed by atoms with Gasteiger partial charge in [0.1, 0.15) is 12.4 Å². The molecule has 2 fully saturated rings. The number of hydrogen-bond acceptors (Lipinski definition) is 4. The van der Waals surface area contributed by atoms with Crippen molar-refractivity contribution in [2.75, 3.05) is 13.2 Å². The molecule has 5 nitrogen and oxygen atoms in total. The van der Waals surface area contributed by atoms with Gasteiger partial charge in [-0.25, -0.2) is 0 Å². The number of amides is 1. The fraction of sp³-hybridized carbons (Fsp3) is 0.480. The molecule has 172 valence electrons. The van der Waals surface area contributed by atoms with E-state index in [2.05, 4.69) is 19.2 Å². The van der Waals surface area contributed by atoms with E-state index in [1.165, 1.54) is 0 Å². The van der Waals surface area contributed by atoms with Gasteiger partial charge in [-0.1, -0.05) is 48.3 Å². The fourth-order valence-electron chi connectivity index (χ4n) is 6.04. The van der Waals surface area contributed by atoms with E-state index in [-0.39, 0.29) is 37.0 Å². The quantitative estimate of drug-likeness (QED) is 0.567. The number of nitrogens with one attached hydrogen (secondary N) is 1. The first kappa shape index (κ1) is 23.4. The maximum atomic E-state index is 13.1. The molecule has 1 saturated carbocycles. The second-order valence-corrected chi connectivity index (χ2v) is 9.92. The van der Waals surface area contributed by atoms with Crippen LogP contribution in [0.2, 0.25) is 10.0 Å². The molecule has 4 N–H and O–H groups in total. The molecule has 2 aromatic rings. The molecule has 0 aromatic heterocycles. The second-order valence-electron chi connectivity index (χ2n) is 9.08. The maximum absolute atomic E-state index is 13.1. The normalized spacial score (nSPS) is 31.8. The molecule has 4 rings (SSSR count). The molecule has 0 bridgehead atoms. The average molecular weight is 477 g/mol. The van der Waals surface area contributed by atoms with Crippen LogP contribution in [0.1, 0.15) is 50.2 Å². The number of aliphatic hydroxyl groups excluding tert-OH is 1. The van der Waals surface area contributed by atoms with Gasteiger partial charge in [0, 0.05) is 33.5 Å². The summed E-state index contributed by atoms with van der Waals surface area (Å²) in [6.07, 6.45) is 2.08. The first-order chi connectivity index (χ1) is 15.3. The Morgan fingerprint density at radius 2 is 1.91 bits per heavy atom. The van der Waals surface area contributed by atoms with Crippen molar-refractivity contribution in [1.29, 1.82) is 0 Å². The van der Waals surface area contributed by atoms with E-state index in [9.17, 15) is 4.79 Å². The third-order valence-electron chi connectivity index (χ3n) is 7.55. The number of carbonyl (C=O) groups is 1. The summed E-state index contributed by atoms with van der Waals surface area (Å²) in [7, 11) is 0. The van der Waals surface area contributed by atoms with Crippen molar-refractivity contribution in [3.63, 3.8) is 0 Å². The van der Waals surface area contributed by atoms with Crippen molar-refractivity contribution in [3.05, 3.63) is 63.6 Å². The highest BCUT2D eigenvalue weighted by Gasteiger charge is 2.63. The molecule has 2 aliphatic rings. The van der Waals surface area contributed by atoms with E-state index in [0.717, 1.165) is 17.5 Å². The maximum Gasteiger partial charge on any atom is 0.226 e. The summed E-state index contributed by atoms with van der Waals surface area (Å²) in [6, 6.07) is 13.3. The molecule has 32 heavy (non-hydrogen) atoms. The lowest BCUT2D eigenvalue weighted by Gasteiger charge is -2.53. The first-order valence-electron chi connectivity index (χ1n) is 11.2. The first-order valence-corrected chi connectivity index (χ1v) is 11.9. The van der Waals surface area contributed by atoms with Crippen molar-refractivity contribution in [1.82, 2.24) is 5.32 Å². The topological polar surface area (TPSA) is 84.6 Å². The van der Waals surface area contributed by atoms with Gasteiger partial charge in [-0.3, -0.25) is 4.79 Å². The van der Waals surface area contributed by atoms with Crippen LogP contribution < -0.4 is 15.8 Å². The Morgan fingerprint density at radius 1 is 1.19 bits per heavy atom. The smallest absolute Gasteiger partial charge is 0.226 e. The number of benzene rings is 2. The Hall–Kier alpha value is -1.79. The standard InChI is InChI=1S/C25H30Cl2N2O3/c1-3-24-10-11-25(28,19-9-8-18(14-20(19)27)32-13-12-30)22(16-4-6-17(26)7-5-16)21(24)15(2)29-23(24)31/h4-9,14-15,21-22,30H,3,10-13,28H2,1-2H3,(H,29,31)/t15-,21+,22-,24-,25-/m1/s1. The van der Waals surface area contributed by atoms with Crippen LogP contribution in [0.15, 0.2) is 42.5 Å². The lowest BCUT2D eigenvalue weighted by Crippen LogP contribution is -2.56. The minimum absolute atomic E-state index is 0.0151. The van der Waals surface area contributed by atoms with Gasteiger partial charge in [-0.05, 0) is 61.6 Å². The van der Waals surface area contributed by atoms with Crippen LogP contribution in [0.4, 0.5) is 0 Å². The minimum atomic E-state index is -0.773. The number of hydrogen-bond donors (Lipinski definition) is 3. The molecule has 0 unspecified atom stereocenters. The summed E-state index contributed by atoms with van der Waals surface area (Å²) in [5, 5.41) is 13.4. The number of carbonyl (C=O) groups excluding carboxylic acids is 1. The van der Waals surface area contributed by atoms with Gasteiger partial charge < -0.3 is 20.9 Å². The van der Waals surface area contributed by atoms with Crippen molar-refractivity contribution in [2.24, 2.45) is 17.1 Å². The van der Waals surface area contributed by atoms with E-state index in [1.807, 2.05) is 36.4 Å². The third-order valence-corrected chi connectivity index (χ3v) is 8.11. The summed E-state index contributed by atoms with van der Waals surface area (Å²) in [5.74, 6) is 0.590. The molecule has 1 aliphatic carbocycles. The molecule has 1 amide bonds. The van der Waals surface area contributed by atoms with Crippen molar-refractivity contribution in [3.8, 4) is 5.75 Å². The van der Waals surface area contributed by atoms with E-state index in [0.29, 0.717) is 28.6 Å². The van der Waals surface area contributed by atoms with E-state index >= 15 is 0 Å². The van der Waals surface area contributed by atoms with Gasteiger partial charge in [-0.15, -0.1) is 0 Å². The zero-order valence-electron chi connectivity index (χ0n) is 18.4. The Balaban J connectivity index is 1.85. The molecular formula is C25H30Cl2N2O3. The number of fused-ring (bicyclic) bond motifs is 1. The Bertz CT molecular complexity index is 999. The Labute approximate surface area is 199 Å². The van der Waals surface area contributed by atoms with E-state index in [1.54, 1.807) is 6.07 Å². The average Bonchev–Trinajstić information content (AvgIpc) is 3.03. The number of halogens is 2. The SMILES string of the molecule is CC[C@@]12CC[C@@](N)(c3ccc(OCCO)cc3Cl)[C@H](c3ccc(Cl)cc3)[C@@H]1[C@@H](C)NC2=O. The highest BCUT2D eigenvalue weighted by Crippen LogP contribution is 2.61. The van der Waals surface area contributed by atoms with Gasteiger partial charge in [0.25, 0.3) is 0 Å². The Morgan fingerprint density at radius 3 is 2.53 bits per heavy atom. The van der Waals surface area contributed by atoms with Crippen LogP contribution in [-0.4, -0.2) is 30.3 Å². The van der Waals surface area contributed by atoms with Crippen LogP contribution in [-0.2, 0) is 10.3 Å². The van der Waals surface area contributed by atoms with Crippen LogP contribution in [0.3, 0.4) is 0 Å². The number of nitrogens with two attached hydrogens (primary N) is 1. The highest BCUT2D eigenvalue weighted by molar-refractivity contribution is 6.31. The highest BCUT2D eigenvalue weighted by atomic mass is 35.5. The van der Waals surface area contributed by atoms with Gasteiger partial charge in [-0.2, -0.15) is 0 Å². The van der Waals surface area contributed by atoms with Crippen molar-refractivity contribution < 1.29 is 14.6 Å². The zero-order valence-corrected chi connectivity index (χ0v) is 19.9. The predicted molar refractivity (Wildman–Crippen MR) is 127 cm³/mol. The molecule has 1 saturated heterocycles. The van der Waals surface area contributed by atoms with Crippen LogP contribution in [0, 0.1) is 11.3 Å². The molecule has 1 aliphatic heterocycles. The van der Waals surface area contributed by atoms with Crippen LogP contribution >= 0.6 is 23.2 Å². The van der Waals surface area contributed by atoms with Gasteiger partial charge in [0.15, 0.2) is 0 Å². The molecule has 1 heterocycles. The Kier molecular flexibility index (Phi) is 6.47. The van der Waals surface area contributed by atoms with Crippen LogP contribution in [0.25, 0.3) is 0 Å². The predicted octanol–water partition coefficient (Wildman–Crippen LogP) is 4.63. The monoisotopic (exact) mass is 476 g/mol. The summed E-state index contributed by atoms with van der Waals surface area (Å²) in [4.78, 5) is 13.1. The molecule has 0 radical (unpaired) electrons. The lowest BCUT2D eigenvalue weighted by atomic mass is 9.51. The molecule has 2 aromatic carbocycles. The van der Waals surface area contributed by atoms with Crippen molar-refractivity contribution >= 4 is 29.1 Å². The summed E-state index contributed by atoms with van der Waals surface area (Å²) < 4.78 is 5.53. The summed E-state index contributed by atoms with van der Waals surface area (Å²) in [6.45, 7) is 4.29.